The van der Waals surface area contributed by atoms with E-state index in [0.717, 1.165) is 6.07 Å². The van der Waals surface area contributed by atoms with Crippen LogP contribution in [0.1, 0.15) is 20.8 Å². The van der Waals surface area contributed by atoms with Crippen molar-refractivity contribution in [3.63, 3.8) is 0 Å². The van der Waals surface area contributed by atoms with Gasteiger partial charge in [-0.2, -0.15) is 4.72 Å². The second-order valence-electron chi connectivity index (χ2n) is 5.33. The normalized spacial score (nSPS) is 14.1. The van der Waals surface area contributed by atoms with Crippen molar-refractivity contribution in [3.05, 3.63) is 29.8 Å². The molecule has 0 radical (unpaired) electrons. The molecule has 8 heteroatoms. The second kappa shape index (κ2) is 5.45. The predicted molar refractivity (Wildman–Crippen MR) is 67.6 cm³/mol. The Balaban J connectivity index is 3.24. The zero-order chi connectivity index (χ0) is 15.7. The van der Waals surface area contributed by atoms with Gasteiger partial charge in [0.15, 0.2) is 0 Å². The summed E-state index contributed by atoms with van der Waals surface area (Å²) < 4.78 is 52.4. The van der Waals surface area contributed by atoms with Crippen molar-refractivity contribution in [3.8, 4) is 0 Å². The summed E-state index contributed by atoms with van der Waals surface area (Å²) in [5.74, 6) is -3.50. The molecule has 0 aliphatic heterocycles. The molecule has 112 valence electrons. The Bertz CT molecular complexity index is 623. The zero-order valence-electron chi connectivity index (χ0n) is 11.1. The lowest BCUT2D eigenvalue weighted by atomic mass is 9.88. The highest BCUT2D eigenvalue weighted by Gasteiger charge is 2.36. The molecule has 0 saturated heterocycles. The molecule has 5 nitrogen and oxygen atoms in total. The fourth-order valence-electron chi connectivity index (χ4n) is 1.50. The van der Waals surface area contributed by atoms with E-state index < -0.39 is 44.0 Å². The topological polar surface area (TPSA) is 83.5 Å². The van der Waals surface area contributed by atoms with Gasteiger partial charge in [0.25, 0.3) is 0 Å². The van der Waals surface area contributed by atoms with Crippen LogP contribution in [0.25, 0.3) is 0 Å². The molecule has 0 saturated carbocycles. The summed E-state index contributed by atoms with van der Waals surface area (Å²) in [5.41, 5.74) is -0.942. The van der Waals surface area contributed by atoms with Crippen LogP contribution in [-0.4, -0.2) is 25.5 Å². The van der Waals surface area contributed by atoms with Gasteiger partial charge in [-0.05, 0) is 23.6 Å². The average molecular weight is 307 g/mol. The largest absolute Gasteiger partial charge is 0.480 e. The van der Waals surface area contributed by atoms with Crippen LogP contribution < -0.4 is 4.72 Å². The van der Waals surface area contributed by atoms with Gasteiger partial charge in [0.2, 0.25) is 10.0 Å². The van der Waals surface area contributed by atoms with Gasteiger partial charge in [0, 0.05) is 0 Å². The lowest BCUT2D eigenvalue weighted by Crippen LogP contribution is -2.49. The van der Waals surface area contributed by atoms with Gasteiger partial charge in [0.05, 0.1) is 0 Å². The first-order valence-electron chi connectivity index (χ1n) is 5.65. The molecular weight excluding hydrogens is 292 g/mol. The third-order valence-corrected chi connectivity index (χ3v) is 4.01. The summed E-state index contributed by atoms with van der Waals surface area (Å²) >= 11 is 0. The molecule has 0 unspecified atom stereocenters. The first kappa shape index (κ1) is 16.5. The predicted octanol–water partition coefficient (Wildman–Crippen LogP) is 1.74. The van der Waals surface area contributed by atoms with Gasteiger partial charge in [-0.15, -0.1) is 0 Å². The maximum atomic E-state index is 13.5. The van der Waals surface area contributed by atoms with E-state index in [0.29, 0.717) is 12.1 Å². The van der Waals surface area contributed by atoms with Crippen LogP contribution in [0.5, 0.6) is 0 Å². The van der Waals surface area contributed by atoms with Crippen LogP contribution >= 0.6 is 0 Å². The van der Waals surface area contributed by atoms with Gasteiger partial charge in [-0.3, -0.25) is 4.79 Å². The number of rotatable bonds is 4. The molecule has 2 N–H and O–H groups in total. The van der Waals surface area contributed by atoms with Crippen LogP contribution in [0.4, 0.5) is 8.78 Å². The molecule has 0 bridgehead atoms. The van der Waals surface area contributed by atoms with Crippen LogP contribution in [-0.2, 0) is 14.8 Å². The van der Waals surface area contributed by atoms with Crippen molar-refractivity contribution in [1.29, 1.82) is 0 Å². The maximum absolute atomic E-state index is 13.5. The fraction of sp³-hybridized carbons (Fsp3) is 0.417. The van der Waals surface area contributed by atoms with Crippen molar-refractivity contribution in [2.45, 2.75) is 31.7 Å². The number of halogens is 2. The summed E-state index contributed by atoms with van der Waals surface area (Å²) in [7, 11) is -4.49. The van der Waals surface area contributed by atoms with Gasteiger partial charge >= 0.3 is 5.97 Å². The Hall–Kier alpha value is -1.54. The molecule has 0 fully saturated rings. The fourth-order valence-corrected chi connectivity index (χ4v) is 2.98. The Kier molecular flexibility index (Phi) is 4.50. The number of sulfonamides is 1. The van der Waals surface area contributed by atoms with E-state index in [1.54, 1.807) is 0 Å². The van der Waals surface area contributed by atoms with Crippen molar-refractivity contribution >= 4 is 16.0 Å². The molecule has 1 rings (SSSR count). The number of nitrogens with one attached hydrogen (secondary N) is 1. The minimum atomic E-state index is -4.49. The Labute approximate surface area is 115 Å². The smallest absolute Gasteiger partial charge is 0.322 e. The lowest BCUT2D eigenvalue weighted by Gasteiger charge is -2.27. The van der Waals surface area contributed by atoms with Crippen molar-refractivity contribution in [2.75, 3.05) is 0 Å². The van der Waals surface area contributed by atoms with E-state index in [2.05, 4.69) is 0 Å². The number of carboxylic acid groups (broad SMARTS) is 1. The lowest BCUT2D eigenvalue weighted by molar-refractivity contribution is -0.141. The first-order valence-corrected chi connectivity index (χ1v) is 7.13. The van der Waals surface area contributed by atoms with Gasteiger partial charge in [-0.1, -0.05) is 20.8 Å². The van der Waals surface area contributed by atoms with Crippen LogP contribution in [0, 0.1) is 17.0 Å². The van der Waals surface area contributed by atoms with E-state index in [9.17, 15) is 22.0 Å². The molecular formula is C12H15F2NO4S. The molecule has 20 heavy (non-hydrogen) atoms. The highest BCUT2D eigenvalue weighted by Crippen LogP contribution is 2.23. The van der Waals surface area contributed by atoms with Gasteiger partial charge in [-0.25, -0.2) is 17.2 Å². The Morgan fingerprint density at radius 2 is 1.85 bits per heavy atom. The van der Waals surface area contributed by atoms with Crippen molar-refractivity contribution in [1.82, 2.24) is 4.72 Å². The Morgan fingerprint density at radius 3 is 2.30 bits per heavy atom. The van der Waals surface area contributed by atoms with Gasteiger partial charge < -0.3 is 5.11 Å². The monoisotopic (exact) mass is 307 g/mol. The molecule has 0 aliphatic rings. The summed E-state index contributed by atoms with van der Waals surface area (Å²) in [6.07, 6.45) is 0. The quantitative estimate of drug-likeness (QED) is 0.887. The van der Waals surface area contributed by atoms with Crippen molar-refractivity contribution < 1.29 is 27.1 Å². The van der Waals surface area contributed by atoms with E-state index in [1.807, 2.05) is 4.72 Å². The van der Waals surface area contributed by atoms with Crippen LogP contribution in [0.15, 0.2) is 23.1 Å². The number of hydrogen-bond acceptors (Lipinski definition) is 3. The molecule has 0 aromatic heterocycles. The van der Waals surface area contributed by atoms with Crippen LogP contribution in [0.2, 0.25) is 0 Å². The highest BCUT2D eigenvalue weighted by molar-refractivity contribution is 7.89. The molecule has 1 atom stereocenters. The standard InChI is InChI=1S/C12H15F2NO4S/c1-12(2,3)10(11(16)17)15-20(18,19)9-6-7(13)4-5-8(9)14/h4-6,10,15H,1-3H3,(H,16,17)/t10-/m0/s1. The number of benzene rings is 1. The maximum Gasteiger partial charge on any atom is 0.322 e. The first-order chi connectivity index (χ1) is 8.95. The van der Waals surface area contributed by atoms with E-state index in [4.69, 9.17) is 5.11 Å². The average Bonchev–Trinajstić information content (AvgIpc) is 2.27. The third kappa shape index (κ3) is 3.73. The van der Waals surface area contributed by atoms with E-state index in [-0.39, 0.29) is 0 Å². The number of carboxylic acids is 1. The summed E-state index contributed by atoms with van der Waals surface area (Å²) in [6, 6.07) is 0.457. The van der Waals surface area contributed by atoms with E-state index in [1.165, 1.54) is 20.8 Å². The number of aliphatic carboxylic acids is 1. The SMILES string of the molecule is CC(C)(C)[C@@H](NS(=O)(=O)c1cc(F)ccc1F)C(=O)O. The minimum absolute atomic E-state index is 0.499. The third-order valence-electron chi connectivity index (χ3n) is 2.57. The van der Waals surface area contributed by atoms with E-state index >= 15 is 0 Å². The van der Waals surface area contributed by atoms with Crippen LogP contribution in [0.3, 0.4) is 0 Å². The molecule has 1 aromatic rings. The summed E-state index contributed by atoms with van der Waals surface area (Å²) in [4.78, 5) is 10.2. The second-order valence-corrected chi connectivity index (χ2v) is 7.02. The molecule has 1 aromatic carbocycles. The molecule has 0 spiro atoms. The molecule has 0 heterocycles. The molecule has 0 aliphatic carbocycles. The van der Waals surface area contributed by atoms with Crippen molar-refractivity contribution in [2.24, 2.45) is 5.41 Å². The number of hydrogen-bond donors (Lipinski definition) is 2. The highest BCUT2D eigenvalue weighted by atomic mass is 32.2. The zero-order valence-corrected chi connectivity index (χ0v) is 12.0. The molecule has 0 amide bonds. The Morgan fingerprint density at radius 1 is 1.30 bits per heavy atom. The number of carbonyl (C=O) groups is 1. The summed E-state index contributed by atoms with van der Waals surface area (Å²) in [5, 5.41) is 9.05. The minimum Gasteiger partial charge on any atom is -0.480 e. The summed E-state index contributed by atoms with van der Waals surface area (Å²) in [6.45, 7) is 4.53. The van der Waals surface area contributed by atoms with Gasteiger partial charge in [0.1, 0.15) is 22.6 Å².